The van der Waals surface area contributed by atoms with Crippen LogP contribution in [0.2, 0.25) is 0 Å². The van der Waals surface area contributed by atoms with E-state index in [4.69, 9.17) is 9.62 Å². The van der Waals surface area contributed by atoms with E-state index >= 15 is 0 Å². The zero-order valence-corrected chi connectivity index (χ0v) is 15.2. The summed E-state index contributed by atoms with van der Waals surface area (Å²) in [5.41, 5.74) is 3.35. The van der Waals surface area contributed by atoms with Crippen molar-refractivity contribution >= 4 is 23.2 Å². The third-order valence-corrected chi connectivity index (χ3v) is 5.63. The number of carbonyl (C=O) groups is 2. The van der Waals surface area contributed by atoms with Crippen LogP contribution in [0.15, 0.2) is 16.5 Å². The van der Waals surface area contributed by atoms with E-state index in [-0.39, 0.29) is 5.91 Å². The predicted molar refractivity (Wildman–Crippen MR) is 94.1 cm³/mol. The number of unbranched alkanes of at least 4 members (excludes halogenated alkanes) is 1. The predicted octanol–water partition coefficient (Wildman–Crippen LogP) is 3.31. The van der Waals surface area contributed by atoms with E-state index in [1.165, 1.54) is 11.3 Å². The third kappa shape index (κ3) is 3.62. The SMILES string of the molecule is CCCCc1cc(C(=O)N2CCc3cc(C(=O)NO)sc3C2)c(C)o1. The number of hydrogen-bond donors (Lipinski definition) is 2. The molecule has 0 radical (unpaired) electrons. The van der Waals surface area contributed by atoms with Crippen molar-refractivity contribution in [3.63, 3.8) is 0 Å². The zero-order valence-electron chi connectivity index (χ0n) is 14.4. The lowest BCUT2D eigenvalue weighted by molar-refractivity contribution is 0.0709. The number of aryl methyl sites for hydroxylation is 2. The van der Waals surface area contributed by atoms with E-state index in [1.807, 2.05) is 13.0 Å². The molecule has 25 heavy (non-hydrogen) atoms. The Hall–Kier alpha value is -2.12. The molecular formula is C18H22N2O4S. The molecule has 2 aromatic heterocycles. The van der Waals surface area contributed by atoms with Gasteiger partial charge < -0.3 is 9.32 Å². The molecule has 0 aromatic carbocycles. The van der Waals surface area contributed by atoms with E-state index in [9.17, 15) is 9.59 Å². The zero-order chi connectivity index (χ0) is 18.0. The van der Waals surface area contributed by atoms with Gasteiger partial charge in [0.05, 0.1) is 17.0 Å². The van der Waals surface area contributed by atoms with Crippen LogP contribution in [0.1, 0.15) is 61.8 Å². The number of amides is 2. The maximum atomic E-state index is 12.9. The van der Waals surface area contributed by atoms with Crippen LogP contribution in [0, 0.1) is 6.92 Å². The van der Waals surface area contributed by atoms with Gasteiger partial charge in [-0.3, -0.25) is 14.8 Å². The van der Waals surface area contributed by atoms with Gasteiger partial charge in [0.2, 0.25) is 0 Å². The molecule has 3 heterocycles. The van der Waals surface area contributed by atoms with Gasteiger partial charge in [-0.25, -0.2) is 5.48 Å². The summed E-state index contributed by atoms with van der Waals surface area (Å²) in [7, 11) is 0. The number of hydrogen-bond acceptors (Lipinski definition) is 5. The third-order valence-electron chi connectivity index (χ3n) is 4.47. The normalized spacial score (nSPS) is 13.6. The van der Waals surface area contributed by atoms with Crippen molar-refractivity contribution in [2.24, 2.45) is 0 Å². The molecule has 2 N–H and O–H groups in total. The molecule has 0 saturated carbocycles. The molecule has 0 aliphatic carbocycles. The number of nitrogens with zero attached hydrogens (tertiary/aromatic N) is 1. The summed E-state index contributed by atoms with van der Waals surface area (Å²) >= 11 is 1.32. The number of hydroxylamine groups is 1. The number of carbonyl (C=O) groups excluding carboxylic acids is 2. The minimum Gasteiger partial charge on any atom is -0.466 e. The van der Waals surface area contributed by atoms with Crippen LogP contribution in [0.4, 0.5) is 0 Å². The fourth-order valence-corrected chi connectivity index (χ4v) is 4.18. The maximum Gasteiger partial charge on any atom is 0.284 e. The van der Waals surface area contributed by atoms with Crippen LogP contribution in [-0.2, 0) is 19.4 Å². The first-order valence-electron chi connectivity index (χ1n) is 8.48. The van der Waals surface area contributed by atoms with Crippen molar-refractivity contribution in [3.8, 4) is 0 Å². The summed E-state index contributed by atoms with van der Waals surface area (Å²) in [6.45, 7) is 5.04. The molecule has 6 nitrogen and oxygen atoms in total. The topological polar surface area (TPSA) is 82.8 Å². The molecular weight excluding hydrogens is 340 g/mol. The monoisotopic (exact) mass is 362 g/mol. The Morgan fingerprint density at radius 3 is 2.92 bits per heavy atom. The Bertz CT molecular complexity index is 793. The molecule has 2 amide bonds. The second-order valence-corrected chi connectivity index (χ2v) is 7.40. The Labute approximate surface area is 150 Å². The van der Waals surface area contributed by atoms with E-state index in [0.717, 1.165) is 35.5 Å². The lowest BCUT2D eigenvalue weighted by Gasteiger charge is -2.26. The highest BCUT2D eigenvalue weighted by molar-refractivity contribution is 7.14. The Balaban J connectivity index is 1.75. The quantitative estimate of drug-likeness (QED) is 0.631. The van der Waals surface area contributed by atoms with Crippen LogP contribution in [0.5, 0.6) is 0 Å². The van der Waals surface area contributed by atoms with Gasteiger partial charge in [-0.05, 0) is 37.5 Å². The molecule has 0 fully saturated rings. The van der Waals surface area contributed by atoms with Crippen LogP contribution in [0.25, 0.3) is 0 Å². The van der Waals surface area contributed by atoms with Gasteiger partial charge in [0.15, 0.2) is 0 Å². The Morgan fingerprint density at radius 1 is 1.40 bits per heavy atom. The summed E-state index contributed by atoms with van der Waals surface area (Å²) in [5.74, 6) is 0.978. The lowest BCUT2D eigenvalue weighted by Crippen LogP contribution is -2.35. The van der Waals surface area contributed by atoms with E-state index < -0.39 is 5.91 Å². The first kappa shape index (κ1) is 17.7. The molecule has 3 rings (SSSR count). The van der Waals surface area contributed by atoms with Gasteiger partial charge in [-0.2, -0.15) is 0 Å². The summed E-state index contributed by atoms with van der Waals surface area (Å²) in [5, 5.41) is 8.76. The van der Waals surface area contributed by atoms with Crippen LogP contribution in [-0.4, -0.2) is 28.5 Å². The molecule has 134 valence electrons. The Kier molecular flexibility index (Phi) is 5.24. The molecule has 0 atom stereocenters. The van der Waals surface area contributed by atoms with E-state index in [0.29, 0.717) is 35.7 Å². The number of furan rings is 1. The highest BCUT2D eigenvalue weighted by Crippen LogP contribution is 2.29. The van der Waals surface area contributed by atoms with E-state index in [1.54, 1.807) is 16.4 Å². The number of nitrogens with one attached hydrogen (secondary N) is 1. The summed E-state index contributed by atoms with van der Waals surface area (Å²) in [6.07, 6.45) is 3.67. The van der Waals surface area contributed by atoms with Crippen molar-refractivity contribution < 1.29 is 19.2 Å². The molecule has 0 bridgehead atoms. The first-order valence-corrected chi connectivity index (χ1v) is 9.29. The van der Waals surface area contributed by atoms with E-state index in [2.05, 4.69) is 6.92 Å². The van der Waals surface area contributed by atoms with Gasteiger partial charge in [-0.1, -0.05) is 13.3 Å². The highest BCUT2D eigenvalue weighted by Gasteiger charge is 2.27. The average Bonchev–Trinajstić information content (AvgIpc) is 3.21. The van der Waals surface area contributed by atoms with Gasteiger partial charge in [0.25, 0.3) is 11.8 Å². The molecule has 2 aromatic rings. The molecule has 7 heteroatoms. The number of fused-ring (bicyclic) bond motifs is 1. The van der Waals surface area contributed by atoms with Crippen molar-refractivity contribution in [2.75, 3.05) is 6.54 Å². The second kappa shape index (κ2) is 7.41. The molecule has 0 unspecified atom stereocenters. The first-order chi connectivity index (χ1) is 12.0. The largest absolute Gasteiger partial charge is 0.466 e. The van der Waals surface area contributed by atoms with Crippen LogP contribution >= 0.6 is 11.3 Å². The molecule has 1 aliphatic rings. The lowest BCUT2D eigenvalue weighted by atomic mass is 10.1. The molecule has 0 saturated heterocycles. The summed E-state index contributed by atoms with van der Waals surface area (Å²) < 4.78 is 5.72. The van der Waals surface area contributed by atoms with Gasteiger partial charge >= 0.3 is 0 Å². The van der Waals surface area contributed by atoms with Gasteiger partial charge in [-0.15, -0.1) is 11.3 Å². The van der Waals surface area contributed by atoms with Crippen molar-refractivity contribution in [2.45, 2.75) is 46.1 Å². The van der Waals surface area contributed by atoms with Crippen molar-refractivity contribution in [1.29, 1.82) is 0 Å². The standard InChI is InChI=1S/C18H22N2O4S/c1-3-4-5-13-9-14(11(2)24-13)18(22)20-7-6-12-8-15(17(21)19-23)25-16(12)10-20/h8-9,23H,3-7,10H2,1-2H3,(H,19,21). The van der Waals surface area contributed by atoms with Gasteiger partial charge in [0.1, 0.15) is 11.5 Å². The minimum atomic E-state index is -0.511. The smallest absolute Gasteiger partial charge is 0.284 e. The minimum absolute atomic E-state index is 0.0313. The fourth-order valence-electron chi connectivity index (χ4n) is 3.06. The molecule has 0 spiro atoms. The van der Waals surface area contributed by atoms with Crippen molar-refractivity contribution in [1.82, 2.24) is 10.4 Å². The second-order valence-electron chi connectivity index (χ2n) is 6.26. The summed E-state index contributed by atoms with van der Waals surface area (Å²) in [4.78, 5) is 27.7. The van der Waals surface area contributed by atoms with Crippen molar-refractivity contribution in [3.05, 3.63) is 44.5 Å². The van der Waals surface area contributed by atoms with Crippen LogP contribution < -0.4 is 5.48 Å². The summed E-state index contributed by atoms with van der Waals surface area (Å²) in [6, 6.07) is 3.65. The number of rotatable bonds is 5. The molecule has 1 aliphatic heterocycles. The maximum absolute atomic E-state index is 12.9. The van der Waals surface area contributed by atoms with Crippen LogP contribution in [0.3, 0.4) is 0 Å². The fraction of sp³-hybridized carbons (Fsp3) is 0.444. The van der Waals surface area contributed by atoms with Gasteiger partial charge in [0, 0.05) is 17.8 Å². The number of thiophene rings is 1. The highest BCUT2D eigenvalue weighted by atomic mass is 32.1. The average molecular weight is 362 g/mol. The Morgan fingerprint density at radius 2 is 2.20 bits per heavy atom.